The molecule has 1 aliphatic rings. The number of piperidine rings is 1. The van der Waals surface area contributed by atoms with Crippen LogP contribution in [0.3, 0.4) is 0 Å². The van der Waals surface area contributed by atoms with E-state index in [-0.39, 0.29) is 5.82 Å². The smallest absolute Gasteiger partial charge is 0.197 e. The average molecular weight is 293 g/mol. The van der Waals surface area contributed by atoms with Gasteiger partial charge in [-0.1, -0.05) is 0 Å². The van der Waals surface area contributed by atoms with Crippen molar-refractivity contribution in [3.05, 3.63) is 30.0 Å². The van der Waals surface area contributed by atoms with Gasteiger partial charge < -0.3 is 9.88 Å². The lowest BCUT2D eigenvalue weighted by Crippen LogP contribution is -2.27. The number of nitrogens with one attached hydrogen (secondary N) is 1. The highest BCUT2D eigenvalue weighted by Crippen LogP contribution is 2.30. The summed E-state index contributed by atoms with van der Waals surface area (Å²) in [5.41, 5.74) is 0. The van der Waals surface area contributed by atoms with Crippen LogP contribution in [0.4, 0.5) is 4.39 Å². The van der Waals surface area contributed by atoms with E-state index in [1.54, 1.807) is 12.3 Å². The molecule has 0 aliphatic carbocycles. The first kappa shape index (κ1) is 13.5. The number of hydrogen-bond acceptors (Lipinski definition) is 5. The Hall–Kier alpha value is -1.47. The third kappa shape index (κ3) is 2.69. The zero-order valence-corrected chi connectivity index (χ0v) is 12.0. The molecule has 20 heavy (non-hydrogen) atoms. The summed E-state index contributed by atoms with van der Waals surface area (Å²) < 4.78 is 15.6. The first-order valence-corrected chi connectivity index (χ1v) is 7.45. The summed E-state index contributed by atoms with van der Waals surface area (Å²) in [5.74, 6) is 1.07. The van der Waals surface area contributed by atoms with E-state index in [4.69, 9.17) is 0 Å². The van der Waals surface area contributed by atoms with Gasteiger partial charge in [0.15, 0.2) is 11.0 Å². The molecule has 1 fully saturated rings. The Morgan fingerprint density at radius 2 is 2.15 bits per heavy atom. The minimum Gasteiger partial charge on any atom is -0.317 e. The van der Waals surface area contributed by atoms with Crippen molar-refractivity contribution >= 4 is 11.8 Å². The van der Waals surface area contributed by atoms with Gasteiger partial charge in [-0.3, -0.25) is 0 Å². The van der Waals surface area contributed by atoms with Crippen molar-refractivity contribution in [1.29, 1.82) is 0 Å². The highest BCUT2D eigenvalue weighted by Gasteiger charge is 2.22. The van der Waals surface area contributed by atoms with Gasteiger partial charge in [0.25, 0.3) is 0 Å². The van der Waals surface area contributed by atoms with Crippen LogP contribution in [0.25, 0.3) is 0 Å². The fourth-order valence-corrected chi connectivity index (χ4v) is 3.15. The molecule has 3 heterocycles. The fourth-order valence-electron chi connectivity index (χ4n) is 2.38. The minimum absolute atomic E-state index is 0.330. The first-order chi connectivity index (χ1) is 9.75. The molecule has 7 heteroatoms. The summed E-state index contributed by atoms with van der Waals surface area (Å²) in [7, 11) is 1.93. The lowest BCUT2D eigenvalue weighted by molar-refractivity contribution is 0.434. The second kappa shape index (κ2) is 5.88. The van der Waals surface area contributed by atoms with E-state index in [0.717, 1.165) is 31.8 Å². The van der Waals surface area contributed by atoms with E-state index in [0.29, 0.717) is 16.1 Å². The molecule has 106 valence electrons. The van der Waals surface area contributed by atoms with Crippen molar-refractivity contribution < 1.29 is 4.39 Å². The third-order valence-corrected chi connectivity index (χ3v) is 4.52. The van der Waals surface area contributed by atoms with Crippen LogP contribution < -0.4 is 5.32 Å². The monoisotopic (exact) mass is 293 g/mol. The fraction of sp³-hybridized carbons (Fsp3) is 0.462. The topological polar surface area (TPSA) is 55.6 Å². The van der Waals surface area contributed by atoms with Gasteiger partial charge in [-0.25, -0.2) is 9.37 Å². The molecule has 0 atom stereocenters. The number of hydrogen-bond donors (Lipinski definition) is 1. The lowest BCUT2D eigenvalue weighted by Gasteiger charge is -2.21. The normalized spacial score (nSPS) is 16.5. The van der Waals surface area contributed by atoms with Gasteiger partial charge in [0.1, 0.15) is 10.9 Å². The van der Waals surface area contributed by atoms with Crippen LogP contribution in [-0.4, -0.2) is 32.8 Å². The van der Waals surface area contributed by atoms with Gasteiger partial charge in [0, 0.05) is 19.2 Å². The standard InChI is InChI=1S/C13H16FN5S/c1-19-11(9-4-7-15-8-5-9)17-18-13(19)20-12-10(14)3-2-6-16-12/h2-3,6,9,15H,4-5,7-8H2,1H3. The molecule has 0 saturated carbocycles. The summed E-state index contributed by atoms with van der Waals surface area (Å²) in [4.78, 5) is 4.03. The van der Waals surface area contributed by atoms with E-state index in [9.17, 15) is 4.39 Å². The Balaban J connectivity index is 1.81. The number of nitrogens with zero attached hydrogens (tertiary/aromatic N) is 4. The molecular weight excluding hydrogens is 277 g/mol. The maximum Gasteiger partial charge on any atom is 0.197 e. The van der Waals surface area contributed by atoms with Crippen LogP contribution in [0.15, 0.2) is 28.5 Å². The van der Waals surface area contributed by atoms with Gasteiger partial charge in [0.2, 0.25) is 0 Å². The molecule has 1 saturated heterocycles. The zero-order valence-electron chi connectivity index (χ0n) is 11.2. The highest BCUT2D eigenvalue weighted by atomic mass is 32.2. The van der Waals surface area contributed by atoms with E-state index < -0.39 is 0 Å². The molecule has 0 unspecified atom stereocenters. The molecular formula is C13H16FN5S. The van der Waals surface area contributed by atoms with Crippen molar-refractivity contribution in [3.8, 4) is 0 Å². The predicted octanol–water partition coefficient (Wildman–Crippen LogP) is 1.97. The maximum absolute atomic E-state index is 13.6. The summed E-state index contributed by atoms with van der Waals surface area (Å²) in [6, 6.07) is 2.98. The lowest BCUT2D eigenvalue weighted by atomic mass is 9.97. The van der Waals surface area contributed by atoms with Crippen LogP contribution >= 0.6 is 11.8 Å². The van der Waals surface area contributed by atoms with Crippen molar-refractivity contribution in [2.24, 2.45) is 7.05 Å². The molecule has 0 spiro atoms. The molecule has 0 aromatic carbocycles. The molecule has 2 aromatic rings. The molecule has 1 N–H and O–H groups in total. The first-order valence-electron chi connectivity index (χ1n) is 6.64. The van der Waals surface area contributed by atoms with Crippen LogP contribution in [0.1, 0.15) is 24.6 Å². The third-order valence-electron chi connectivity index (χ3n) is 3.49. The van der Waals surface area contributed by atoms with E-state index in [2.05, 4.69) is 20.5 Å². The van der Waals surface area contributed by atoms with Crippen molar-refractivity contribution in [1.82, 2.24) is 25.1 Å². The van der Waals surface area contributed by atoms with Crippen LogP contribution in [-0.2, 0) is 7.05 Å². The Labute approximate surface area is 121 Å². The predicted molar refractivity (Wildman–Crippen MR) is 74.2 cm³/mol. The largest absolute Gasteiger partial charge is 0.317 e. The second-order valence-corrected chi connectivity index (χ2v) is 5.77. The van der Waals surface area contributed by atoms with Gasteiger partial charge in [-0.15, -0.1) is 10.2 Å². The number of rotatable bonds is 3. The molecule has 5 nitrogen and oxygen atoms in total. The Kier molecular flexibility index (Phi) is 3.98. The van der Waals surface area contributed by atoms with Crippen molar-refractivity contribution in [3.63, 3.8) is 0 Å². The SMILES string of the molecule is Cn1c(Sc2ncccc2F)nnc1C1CCNCC1. The summed E-state index contributed by atoms with van der Waals surface area (Å²) in [6.07, 6.45) is 3.71. The number of halogens is 1. The van der Waals surface area contributed by atoms with Gasteiger partial charge in [0.05, 0.1) is 0 Å². The van der Waals surface area contributed by atoms with Crippen molar-refractivity contribution in [2.45, 2.75) is 28.9 Å². The van der Waals surface area contributed by atoms with Crippen molar-refractivity contribution in [2.75, 3.05) is 13.1 Å². The second-order valence-electron chi connectivity index (χ2n) is 4.82. The van der Waals surface area contributed by atoms with E-state index in [1.807, 2.05) is 11.6 Å². The Morgan fingerprint density at radius 3 is 2.90 bits per heavy atom. The summed E-state index contributed by atoms with van der Waals surface area (Å²) in [6.45, 7) is 2.02. The molecule has 0 radical (unpaired) electrons. The van der Waals surface area contributed by atoms with Crippen LogP contribution in [0.2, 0.25) is 0 Å². The van der Waals surface area contributed by atoms with Gasteiger partial charge >= 0.3 is 0 Å². The molecule has 1 aliphatic heterocycles. The molecule has 0 amide bonds. The summed E-state index contributed by atoms with van der Waals surface area (Å²) >= 11 is 1.21. The minimum atomic E-state index is -0.330. The molecule has 3 rings (SSSR count). The highest BCUT2D eigenvalue weighted by molar-refractivity contribution is 7.99. The van der Waals surface area contributed by atoms with Crippen LogP contribution in [0, 0.1) is 5.82 Å². The van der Waals surface area contributed by atoms with E-state index in [1.165, 1.54) is 17.8 Å². The number of aromatic nitrogens is 4. The maximum atomic E-state index is 13.6. The molecule has 0 bridgehead atoms. The molecule has 2 aromatic heterocycles. The number of pyridine rings is 1. The Morgan fingerprint density at radius 1 is 1.35 bits per heavy atom. The van der Waals surface area contributed by atoms with Crippen LogP contribution in [0.5, 0.6) is 0 Å². The van der Waals surface area contributed by atoms with Gasteiger partial charge in [-0.2, -0.15) is 0 Å². The Bertz CT molecular complexity index is 594. The average Bonchev–Trinajstić information content (AvgIpc) is 2.84. The summed E-state index contributed by atoms with van der Waals surface area (Å²) in [5, 5.41) is 12.8. The van der Waals surface area contributed by atoms with Gasteiger partial charge in [-0.05, 0) is 49.8 Å². The zero-order chi connectivity index (χ0) is 13.9. The van der Waals surface area contributed by atoms with E-state index >= 15 is 0 Å². The quantitative estimate of drug-likeness (QED) is 0.937.